The Bertz CT molecular complexity index is 1070. The molecule has 0 saturated heterocycles. The summed E-state index contributed by atoms with van der Waals surface area (Å²) in [4.78, 5) is 30.1. The largest absolute Gasteiger partial charge is 0.476 e. The Hall–Kier alpha value is -3.38. The van der Waals surface area contributed by atoms with E-state index in [1.54, 1.807) is 18.2 Å². The van der Waals surface area contributed by atoms with E-state index < -0.39 is 11.9 Å². The Morgan fingerprint density at radius 3 is 2.70 bits per heavy atom. The van der Waals surface area contributed by atoms with Crippen LogP contribution in [0.5, 0.6) is 11.5 Å². The summed E-state index contributed by atoms with van der Waals surface area (Å²) in [6, 6.07) is 15.3. The molecule has 0 atom stereocenters. The number of nitrogens with zero attached hydrogens (tertiary/aromatic N) is 2. The topological polar surface area (TPSA) is 79.7 Å². The second-order valence-corrected chi connectivity index (χ2v) is 6.35. The number of amides is 1. The molecule has 1 N–H and O–H groups in total. The van der Waals surface area contributed by atoms with Crippen molar-refractivity contribution in [3.8, 4) is 11.5 Å². The number of anilines is 1. The zero-order valence-corrected chi connectivity index (χ0v) is 14.7. The molecule has 0 aliphatic carbocycles. The van der Waals surface area contributed by atoms with Gasteiger partial charge in [0.2, 0.25) is 0 Å². The number of benzene rings is 2. The van der Waals surface area contributed by atoms with Crippen LogP contribution < -0.4 is 9.64 Å². The summed E-state index contributed by atoms with van der Waals surface area (Å²) < 4.78 is 5.97. The molecule has 0 radical (unpaired) electrons. The van der Waals surface area contributed by atoms with Gasteiger partial charge in [-0.1, -0.05) is 29.8 Å². The fourth-order valence-electron chi connectivity index (χ4n) is 2.97. The predicted octanol–water partition coefficient (Wildman–Crippen LogP) is 4.39. The van der Waals surface area contributed by atoms with Gasteiger partial charge in [0.05, 0.1) is 17.8 Å². The number of aromatic nitrogens is 1. The molecule has 0 saturated carbocycles. The molecule has 2 heterocycles. The normalized spacial score (nSPS) is 12.4. The van der Waals surface area contributed by atoms with E-state index in [9.17, 15) is 14.7 Å². The molecular formula is C20H13ClN2O4. The smallest absolute Gasteiger partial charge is 0.355 e. The van der Waals surface area contributed by atoms with E-state index in [0.29, 0.717) is 22.2 Å². The number of fused-ring (bicyclic) bond motifs is 2. The molecule has 1 aliphatic heterocycles. The number of carbonyl (C=O) groups excluding carboxylic acids is 1. The molecule has 2 aromatic carbocycles. The van der Waals surface area contributed by atoms with Gasteiger partial charge in [-0.3, -0.25) is 4.79 Å². The number of hydrogen-bond acceptors (Lipinski definition) is 4. The number of carboxylic acid groups (broad SMARTS) is 1. The van der Waals surface area contributed by atoms with Crippen LogP contribution in [-0.2, 0) is 6.54 Å². The molecule has 7 heteroatoms. The number of hydrogen-bond donors (Lipinski definition) is 1. The van der Waals surface area contributed by atoms with Crippen molar-refractivity contribution in [2.45, 2.75) is 6.54 Å². The molecule has 1 amide bonds. The maximum atomic E-state index is 13.3. The summed E-state index contributed by atoms with van der Waals surface area (Å²) in [5.41, 5.74) is 0.947. The number of carbonyl (C=O) groups is 2. The standard InChI is InChI=1S/C20H13ClN2O4/c21-13-7-8-17-15(10-13)23(11-12-4-1-2-6-16(12)27-17)19(24)14-5-3-9-22-18(14)20(25)26/h1-10H,11H2,(H,25,26). The second kappa shape index (κ2) is 6.74. The zero-order chi connectivity index (χ0) is 19.0. The molecule has 6 nitrogen and oxygen atoms in total. The molecule has 1 aliphatic rings. The second-order valence-electron chi connectivity index (χ2n) is 5.92. The lowest BCUT2D eigenvalue weighted by Crippen LogP contribution is -2.31. The third-order valence-corrected chi connectivity index (χ3v) is 4.45. The quantitative estimate of drug-likeness (QED) is 0.713. The van der Waals surface area contributed by atoms with Gasteiger partial charge in [0, 0.05) is 16.8 Å². The monoisotopic (exact) mass is 380 g/mol. The molecule has 3 aromatic rings. The van der Waals surface area contributed by atoms with Crippen molar-refractivity contribution in [2.24, 2.45) is 0 Å². The first-order valence-corrected chi connectivity index (χ1v) is 8.48. The fraction of sp³-hybridized carbons (Fsp3) is 0.0500. The lowest BCUT2D eigenvalue weighted by molar-refractivity contribution is 0.0685. The van der Waals surface area contributed by atoms with E-state index in [0.717, 1.165) is 5.56 Å². The summed E-state index contributed by atoms with van der Waals surface area (Å²) in [5, 5.41) is 9.82. The van der Waals surface area contributed by atoms with Gasteiger partial charge in [0.1, 0.15) is 5.75 Å². The van der Waals surface area contributed by atoms with Gasteiger partial charge in [0.15, 0.2) is 11.4 Å². The number of rotatable bonds is 2. The van der Waals surface area contributed by atoms with Crippen molar-refractivity contribution < 1.29 is 19.4 Å². The van der Waals surface area contributed by atoms with E-state index in [1.807, 2.05) is 24.3 Å². The van der Waals surface area contributed by atoms with Crippen molar-refractivity contribution in [1.29, 1.82) is 0 Å². The van der Waals surface area contributed by atoms with Crippen LogP contribution >= 0.6 is 11.6 Å². The Kier molecular flexibility index (Phi) is 4.25. The number of halogens is 1. The maximum Gasteiger partial charge on any atom is 0.355 e. The van der Waals surface area contributed by atoms with Crippen molar-refractivity contribution in [3.63, 3.8) is 0 Å². The highest BCUT2D eigenvalue weighted by Gasteiger charge is 2.29. The van der Waals surface area contributed by atoms with Crippen molar-refractivity contribution >= 4 is 29.2 Å². The van der Waals surface area contributed by atoms with Gasteiger partial charge in [-0.05, 0) is 36.4 Å². The molecule has 0 unspecified atom stereocenters. The number of ether oxygens (including phenoxy) is 1. The lowest BCUT2D eigenvalue weighted by atomic mass is 10.1. The number of carboxylic acids is 1. The first kappa shape index (κ1) is 17.1. The minimum atomic E-state index is -1.27. The fourth-order valence-corrected chi connectivity index (χ4v) is 3.14. The van der Waals surface area contributed by atoms with Crippen molar-refractivity contribution in [1.82, 2.24) is 4.98 Å². The van der Waals surface area contributed by atoms with E-state index >= 15 is 0 Å². The van der Waals surface area contributed by atoms with Crippen molar-refractivity contribution in [2.75, 3.05) is 4.90 Å². The third kappa shape index (κ3) is 3.11. The van der Waals surface area contributed by atoms with Gasteiger partial charge in [-0.15, -0.1) is 0 Å². The van der Waals surface area contributed by atoms with E-state index in [1.165, 1.54) is 23.2 Å². The van der Waals surface area contributed by atoms with Crippen LogP contribution in [0.3, 0.4) is 0 Å². The molecule has 0 fully saturated rings. The van der Waals surface area contributed by atoms with Crippen LogP contribution in [0.1, 0.15) is 26.4 Å². The highest BCUT2D eigenvalue weighted by molar-refractivity contribution is 6.31. The summed E-state index contributed by atoms with van der Waals surface area (Å²) in [6.07, 6.45) is 1.34. The molecule has 0 bridgehead atoms. The highest BCUT2D eigenvalue weighted by Crippen LogP contribution is 2.40. The Balaban J connectivity index is 1.88. The van der Waals surface area contributed by atoms with Gasteiger partial charge in [0.25, 0.3) is 5.91 Å². The average molecular weight is 381 g/mol. The van der Waals surface area contributed by atoms with Crippen LogP contribution in [0.25, 0.3) is 0 Å². The number of para-hydroxylation sites is 1. The Morgan fingerprint density at radius 2 is 1.89 bits per heavy atom. The number of pyridine rings is 1. The van der Waals surface area contributed by atoms with Gasteiger partial charge >= 0.3 is 5.97 Å². The molecular weight excluding hydrogens is 368 g/mol. The van der Waals surface area contributed by atoms with E-state index in [2.05, 4.69) is 4.98 Å². The first-order valence-electron chi connectivity index (χ1n) is 8.10. The van der Waals surface area contributed by atoms with Crippen LogP contribution in [-0.4, -0.2) is 22.0 Å². The van der Waals surface area contributed by atoms with Crippen LogP contribution in [0.4, 0.5) is 5.69 Å². The Labute approximate surface area is 159 Å². The zero-order valence-electron chi connectivity index (χ0n) is 13.9. The van der Waals surface area contributed by atoms with E-state index in [-0.39, 0.29) is 17.8 Å². The minimum Gasteiger partial charge on any atom is -0.476 e. The summed E-state index contributed by atoms with van der Waals surface area (Å²) in [7, 11) is 0. The first-order chi connectivity index (χ1) is 13.0. The SMILES string of the molecule is O=C(O)c1ncccc1C(=O)N1Cc2ccccc2Oc2ccc(Cl)cc21. The number of aromatic carboxylic acids is 1. The van der Waals surface area contributed by atoms with Crippen LogP contribution in [0.15, 0.2) is 60.8 Å². The molecule has 4 rings (SSSR count). The lowest BCUT2D eigenvalue weighted by Gasteiger charge is -2.22. The third-order valence-electron chi connectivity index (χ3n) is 4.22. The molecule has 134 valence electrons. The van der Waals surface area contributed by atoms with Crippen molar-refractivity contribution in [3.05, 3.63) is 82.6 Å². The minimum absolute atomic E-state index is 0.00435. The van der Waals surface area contributed by atoms with Gasteiger partial charge < -0.3 is 14.7 Å². The van der Waals surface area contributed by atoms with E-state index in [4.69, 9.17) is 16.3 Å². The molecule has 1 aromatic heterocycles. The predicted molar refractivity (Wildman–Crippen MR) is 99.7 cm³/mol. The maximum absolute atomic E-state index is 13.3. The summed E-state index contributed by atoms with van der Waals surface area (Å²) in [5.74, 6) is -0.680. The average Bonchev–Trinajstić information content (AvgIpc) is 2.84. The van der Waals surface area contributed by atoms with Gasteiger partial charge in [-0.25, -0.2) is 9.78 Å². The van der Waals surface area contributed by atoms with Crippen LogP contribution in [0, 0.1) is 0 Å². The molecule has 0 spiro atoms. The molecule has 27 heavy (non-hydrogen) atoms. The Morgan fingerprint density at radius 1 is 1.07 bits per heavy atom. The van der Waals surface area contributed by atoms with Crippen LogP contribution in [0.2, 0.25) is 5.02 Å². The van der Waals surface area contributed by atoms with Gasteiger partial charge in [-0.2, -0.15) is 0 Å². The highest BCUT2D eigenvalue weighted by atomic mass is 35.5. The summed E-state index contributed by atoms with van der Waals surface area (Å²) >= 11 is 6.14. The summed E-state index contributed by atoms with van der Waals surface area (Å²) in [6.45, 7) is 0.205.